The molecule has 12 heteroatoms. The summed E-state index contributed by atoms with van der Waals surface area (Å²) in [7, 11) is 0. The summed E-state index contributed by atoms with van der Waals surface area (Å²) in [6, 6.07) is 15.1. The van der Waals surface area contributed by atoms with Crippen LogP contribution in [0.2, 0.25) is 0 Å². The summed E-state index contributed by atoms with van der Waals surface area (Å²) in [4.78, 5) is 41.3. The van der Waals surface area contributed by atoms with Gasteiger partial charge in [0.2, 0.25) is 17.7 Å². The van der Waals surface area contributed by atoms with Crippen LogP contribution in [0.3, 0.4) is 0 Å². The molecule has 3 aromatic rings. The Bertz CT molecular complexity index is 1550. The van der Waals surface area contributed by atoms with E-state index in [9.17, 15) is 28.4 Å². The van der Waals surface area contributed by atoms with E-state index >= 15 is 0 Å². The molecule has 0 aliphatic carbocycles. The van der Waals surface area contributed by atoms with Crippen LogP contribution in [0.1, 0.15) is 36.0 Å². The fraction of sp³-hybridized carbons (Fsp3) is 0.379. The number of hydrogen-bond donors (Lipinski definition) is 1. The van der Waals surface area contributed by atoms with E-state index in [0.29, 0.717) is 19.6 Å². The molecule has 10 nitrogen and oxygen atoms in total. The number of aromatic nitrogens is 3. The van der Waals surface area contributed by atoms with Gasteiger partial charge in [0, 0.05) is 37.4 Å². The van der Waals surface area contributed by atoms with Crippen LogP contribution in [-0.2, 0) is 34.0 Å². The average Bonchev–Trinajstić information content (AvgIpc) is 3.74. The van der Waals surface area contributed by atoms with Gasteiger partial charge in [-0.2, -0.15) is 5.26 Å². The highest BCUT2D eigenvalue weighted by atomic mass is 19.3. The molecule has 2 aromatic carbocycles. The van der Waals surface area contributed by atoms with Crippen LogP contribution in [0, 0.1) is 17.2 Å². The second kappa shape index (κ2) is 10.4. The van der Waals surface area contributed by atoms with Crippen molar-refractivity contribution in [3.05, 3.63) is 71.4 Å². The number of nitrogens with zero attached hydrogens (tertiary/aromatic N) is 6. The molecule has 0 spiro atoms. The van der Waals surface area contributed by atoms with E-state index in [2.05, 4.69) is 15.6 Å². The van der Waals surface area contributed by atoms with Crippen molar-refractivity contribution in [1.82, 2.24) is 30.1 Å². The van der Waals surface area contributed by atoms with Gasteiger partial charge < -0.3 is 15.1 Å². The Morgan fingerprint density at radius 2 is 1.93 bits per heavy atom. The van der Waals surface area contributed by atoms with Gasteiger partial charge in [-0.3, -0.25) is 14.4 Å². The summed E-state index contributed by atoms with van der Waals surface area (Å²) in [6.07, 6.45) is 1.08. The highest BCUT2D eigenvalue weighted by Gasteiger charge is 2.50. The first-order valence-electron chi connectivity index (χ1n) is 13.4. The quantitative estimate of drug-likeness (QED) is 0.495. The van der Waals surface area contributed by atoms with Crippen LogP contribution < -0.4 is 5.32 Å². The maximum atomic E-state index is 13.8. The van der Waals surface area contributed by atoms with Crippen LogP contribution in [0.15, 0.2) is 54.7 Å². The molecule has 3 atom stereocenters. The molecule has 1 aromatic heterocycles. The number of nitriles is 1. The number of hydrogen-bond acceptors (Lipinski definition) is 6. The standard InChI is InChI=1S/C29H27F2N7O3/c30-29(31)11-22(12-32)38(17-29)28(41)24-9-21(27(40)33-24)10-26(39)36-13-19-7-4-8-20(23(19)15-36)14-37-16-25(34-35-37)18-5-2-1-3-6-18/h1-8,16,21-22,24H,9-11,13-15,17H2,(H,33,40)/t21-,22-,24-/m0/s1. The first kappa shape index (κ1) is 26.6. The zero-order chi connectivity index (χ0) is 28.7. The molecule has 2 saturated heterocycles. The van der Waals surface area contributed by atoms with Crippen molar-refractivity contribution in [3.8, 4) is 17.3 Å². The Kier molecular flexibility index (Phi) is 6.73. The van der Waals surface area contributed by atoms with Crippen molar-refractivity contribution in [2.24, 2.45) is 5.92 Å². The van der Waals surface area contributed by atoms with Crippen LogP contribution in [0.5, 0.6) is 0 Å². The van der Waals surface area contributed by atoms with E-state index < -0.39 is 48.7 Å². The second-order valence-corrected chi connectivity index (χ2v) is 10.8. The lowest BCUT2D eigenvalue weighted by Gasteiger charge is -2.22. The third-order valence-electron chi connectivity index (χ3n) is 8.00. The van der Waals surface area contributed by atoms with Crippen LogP contribution in [0.4, 0.5) is 8.78 Å². The van der Waals surface area contributed by atoms with Crippen molar-refractivity contribution in [2.45, 2.75) is 56.9 Å². The van der Waals surface area contributed by atoms with Crippen molar-refractivity contribution in [1.29, 1.82) is 5.26 Å². The van der Waals surface area contributed by atoms with Crippen LogP contribution in [0.25, 0.3) is 11.3 Å². The highest BCUT2D eigenvalue weighted by Crippen LogP contribution is 2.34. The average molecular weight is 560 g/mol. The number of carbonyl (C=O) groups excluding carboxylic acids is 3. The molecule has 3 aliphatic rings. The van der Waals surface area contributed by atoms with Gasteiger partial charge in [-0.05, 0) is 23.1 Å². The monoisotopic (exact) mass is 559 g/mol. The maximum absolute atomic E-state index is 13.8. The first-order chi connectivity index (χ1) is 19.7. The van der Waals surface area contributed by atoms with Gasteiger partial charge in [0.1, 0.15) is 17.8 Å². The van der Waals surface area contributed by atoms with Crippen molar-refractivity contribution in [3.63, 3.8) is 0 Å². The summed E-state index contributed by atoms with van der Waals surface area (Å²) in [5, 5.41) is 20.3. The third kappa shape index (κ3) is 5.27. The SMILES string of the molecule is N#C[C@@H]1CC(F)(F)CN1C(=O)[C@@H]1C[C@@H](CC(=O)N2Cc3cccc(Cn4cc(-c5ccccc5)nn4)c3C2)C(=O)N1. The van der Waals surface area contributed by atoms with E-state index in [4.69, 9.17) is 0 Å². The zero-order valence-corrected chi connectivity index (χ0v) is 22.0. The molecule has 6 rings (SSSR count). The zero-order valence-electron chi connectivity index (χ0n) is 22.0. The number of nitrogens with one attached hydrogen (secondary N) is 1. The number of amides is 3. The number of fused-ring (bicyclic) bond motifs is 1. The fourth-order valence-electron chi connectivity index (χ4n) is 5.89. The topological polar surface area (TPSA) is 124 Å². The summed E-state index contributed by atoms with van der Waals surface area (Å²) in [6.45, 7) is 0.418. The smallest absolute Gasteiger partial charge is 0.268 e. The largest absolute Gasteiger partial charge is 0.344 e. The Morgan fingerprint density at radius 1 is 1.12 bits per heavy atom. The maximum Gasteiger partial charge on any atom is 0.268 e. The lowest BCUT2D eigenvalue weighted by atomic mass is 9.99. The minimum absolute atomic E-state index is 0.0196. The molecule has 2 fully saturated rings. The molecule has 0 unspecified atom stereocenters. The molecule has 41 heavy (non-hydrogen) atoms. The Labute approximate surface area is 234 Å². The molecule has 4 heterocycles. The number of alkyl halides is 2. The Hall–Kier alpha value is -4.66. The number of carbonyl (C=O) groups is 3. The minimum atomic E-state index is -3.14. The first-order valence-corrected chi connectivity index (χ1v) is 13.4. The van der Waals surface area contributed by atoms with E-state index in [1.807, 2.05) is 54.7 Å². The molecule has 0 bridgehead atoms. The second-order valence-electron chi connectivity index (χ2n) is 10.8. The van der Waals surface area contributed by atoms with E-state index in [0.717, 1.165) is 32.8 Å². The minimum Gasteiger partial charge on any atom is -0.344 e. The molecule has 1 N–H and O–H groups in total. The summed E-state index contributed by atoms with van der Waals surface area (Å²) >= 11 is 0. The molecule has 3 aliphatic heterocycles. The predicted octanol–water partition coefficient (Wildman–Crippen LogP) is 2.49. The van der Waals surface area contributed by atoms with Gasteiger partial charge >= 0.3 is 0 Å². The summed E-state index contributed by atoms with van der Waals surface area (Å²) in [5.74, 6) is -5.30. The number of benzene rings is 2. The predicted molar refractivity (Wildman–Crippen MR) is 141 cm³/mol. The van der Waals surface area contributed by atoms with Gasteiger partial charge in [-0.15, -0.1) is 5.10 Å². The summed E-state index contributed by atoms with van der Waals surface area (Å²) in [5.41, 5.74) is 4.79. The lowest BCUT2D eigenvalue weighted by molar-refractivity contribution is -0.135. The molecular weight excluding hydrogens is 532 g/mol. The molecular formula is C29H27F2N7O3. The van der Waals surface area contributed by atoms with Gasteiger partial charge in [-0.1, -0.05) is 53.7 Å². The van der Waals surface area contributed by atoms with Crippen LogP contribution in [-0.4, -0.2) is 67.1 Å². The normalized spacial score (nSPS) is 22.9. The van der Waals surface area contributed by atoms with Crippen molar-refractivity contribution >= 4 is 17.7 Å². The van der Waals surface area contributed by atoms with Gasteiger partial charge in [0.15, 0.2) is 0 Å². The van der Waals surface area contributed by atoms with Crippen molar-refractivity contribution in [2.75, 3.05) is 6.54 Å². The van der Waals surface area contributed by atoms with Crippen LogP contribution >= 0.6 is 0 Å². The van der Waals surface area contributed by atoms with E-state index in [1.165, 1.54) is 0 Å². The molecule has 3 amide bonds. The Morgan fingerprint density at radius 3 is 2.71 bits per heavy atom. The molecule has 210 valence electrons. The lowest BCUT2D eigenvalue weighted by Crippen LogP contribution is -2.46. The molecule has 0 radical (unpaired) electrons. The Balaban J connectivity index is 1.08. The number of halogens is 2. The van der Waals surface area contributed by atoms with Gasteiger partial charge in [0.25, 0.3) is 5.92 Å². The van der Waals surface area contributed by atoms with E-state index in [-0.39, 0.29) is 18.7 Å². The summed E-state index contributed by atoms with van der Waals surface area (Å²) < 4.78 is 29.4. The van der Waals surface area contributed by atoms with Gasteiger partial charge in [-0.25, -0.2) is 13.5 Å². The fourth-order valence-corrected chi connectivity index (χ4v) is 5.89. The van der Waals surface area contributed by atoms with Gasteiger partial charge in [0.05, 0.1) is 25.4 Å². The third-order valence-corrected chi connectivity index (χ3v) is 8.00. The number of likely N-dealkylation sites (tertiary alicyclic amines) is 1. The molecule has 0 saturated carbocycles. The van der Waals surface area contributed by atoms with Crippen molar-refractivity contribution < 1.29 is 23.2 Å². The van der Waals surface area contributed by atoms with E-state index in [1.54, 1.807) is 15.7 Å². The highest BCUT2D eigenvalue weighted by molar-refractivity contribution is 5.94. The number of rotatable bonds is 6.